The van der Waals surface area contributed by atoms with E-state index in [0.717, 1.165) is 5.56 Å². The Morgan fingerprint density at radius 1 is 1.30 bits per heavy atom. The molecule has 20 heavy (non-hydrogen) atoms. The number of rotatable bonds is 6. The molecule has 1 amide bonds. The van der Waals surface area contributed by atoms with Crippen LogP contribution in [0.25, 0.3) is 0 Å². The van der Waals surface area contributed by atoms with Gasteiger partial charge in [-0.2, -0.15) is 0 Å². The van der Waals surface area contributed by atoms with Gasteiger partial charge in [-0.15, -0.1) is 0 Å². The van der Waals surface area contributed by atoms with Gasteiger partial charge in [0.15, 0.2) is 0 Å². The largest absolute Gasteiger partial charge is 0.387 e. The Labute approximate surface area is 125 Å². The van der Waals surface area contributed by atoms with Crippen LogP contribution in [0.1, 0.15) is 31.9 Å². The zero-order chi connectivity index (χ0) is 15.3. The fourth-order valence-electron chi connectivity index (χ4n) is 1.99. The maximum absolute atomic E-state index is 11.6. The summed E-state index contributed by atoms with van der Waals surface area (Å²) in [5.41, 5.74) is 0.806. The van der Waals surface area contributed by atoms with Gasteiger partial charge in [-0.05, 0) is 31.5 Å². The van der Waals surface area contributed by atoms with Gasteiger partial charge < -0.3 is 15.3 Å². The van der Waals surface area contributed by atoms with Crippen LogP contribution in [0.4, 0.5) is 0 Å². The minimum absolute atomic E-state index is 0.00171. The first-order valence-electron chi connectivity index (χ1n) is 6.71. The highest BCUT2D eigenvalue weighted by Gasteiger charge is 2.19. The van der Waals surface area contributed by atoms with Crippen molar-refractivity contribution in [3.63, 3.8) is 0 Å². The van der Waals surface area contributed by atoms with E-state index in [1.54, 1.807) is 43.3 Å². The number of nitrogens with one attached hydrogen (secondary N) is 1. The predicted octanol–water partition coefficient (Wildman–Crippen LogP) is 2.22. The molecule has 0 bridgehead atoms. The smallest absolute Gasteiger partial charge is 0.223 e. The highest BCUT2D eigenvalue weighted by Crippen LogP contribution is 2.19. The number of amides is 1. The van der Waals surface area contributed by atoms with E-state index in [9.17, 15) is 9.90 Å². The lowest BCUT2D eigenvalue weighted by atomic mass is 10.0. The maximum Gasteiger partial charge on any atom is 0.223 e. The van der Waals surface area contributed by atoms with Gasteiger partial charge in [0.05, 0.1) is 6.10 Å². The molecule has 0 aromatic heterocycles. The number of hydrogen-bond acceptors (Lipinski definition) is 3. The lowest BCUT2D eigenvalue weighted by Crippen LogP contribution is -2.41. The number of aliphatic hydroxyl groups excluding tert-OH is 1. The fourth-order valence-corrected chi connectivity index (χ4v) is 2.12. The summed E-state index contributed by atoms with van der Waals surface area (Å²) in [5, 5.41) is 14.2. The third kappa shape index (κ3) is 5.12. The average Bonchev–Trinajstić information content (AvgIpc) is 2.38. The highest BCUT2D eigenvalue weighted by atomic mass is 35.5. The Morgan fingerprint density at radius 3 is 2.35 bits per heavy atom. The topological polar surface area (TPSA) is 52.6 Å². The van der Waals surface area contributed by atoms with Crippen LogP contribution in [0.2, 0.25) is 5.02 Å². The van der Waals surface area contributed by atoms with Crippen molar-refractivity contribution in [2.45, 2.75) is 38.5 Å². The standard InChI is InChI=1S/C15H23ClN2O2/c1-10(9-14(19)18(3)4)17-11(2)15(20)12-5-7-13(16)8-6-12/h5-8,10-11,15,17,20H,9H2,1-4H3. The van der Waals surface area contributed by atoms with Gasteiger partial charge in [-0.1, -0.05) is 23.7 Å². The van der Waals surface area contributed by atoms with Crippen molar-refractivity contribution in [2.75, 3.05) is 14.1 Å². The van der Waals surface area contributed by atoms with Gasteiger partial charge in [0.2, 0.25) is 5.91 Å². The second-order valence-corrected chi connectivity index (χ2v) is 5.78. The van der Waals surface area contributed by atoms with Crippen LogP contribution in [0, 0.1) is 0 Å². The van der Waals surface area contributed by atoms with E-state index in [-0.39, 0.29) is 18.0 Å². The van der Waals surface area contributed by atoms with Crippen LogP contribution < -0.4 is 5.32 Å². The zero-order valence-corrected chi connectivity index (χ0v) is 13.2. The molecule has 2 N–H and O–H groups in total. The molecular weight excluding hydrogens is 276 g/mol. The molecular formula is C15H23ClN2O2. The Balaban J connectivity index is 2.55. The number of aliphatic hydroxyl groups is 1. The van der Waals surface area contributed by atoms with Crippen LogP contribution in [-0.2, 0) is 4.79 Å². The van der Waals surface area contributed by atoms with E-state index in [1.165, 1.54) is 0 Å². The van der Waals surface area contributed by atoms with Crippen molar-refractivity contribution in [3.8, 4) is 0 Å². The van der Waals surface area contributed by atoms with Gasteiger partial charge in [0.1, 0.15) is 0 Å². The first-order valence-corrected chi connectivity index (χ1v) is 7.08. The van der Waals surface area contributed by atoms with E-state index in [2.05, 4.69) is 5.32 Å². The Kier molecular flexibility index (Phi) is 6.46. The number of carbonyl (C=O) groups is 1. The highest BCUT2D eigenvalue weighted by molar-refractivity contribution is 6.30. The first-order chi connectivity index (χ1) is 9.31. The number of benzene rings is 1. The third-order valence-electron chi connectivity index (χ3n) is 3.21. The number of hydrogen-bond donors (Lipinski definition) is 2. The first kappa shape index (κ1) is 17.0. The Hall–Kier alpha value is -1.10. The van der Waals surface area contributed by atoms with E-state index in [1.807, 2.05) is 13.8 Å². The van der Waals surface area contributed by atoms with Crippen molar-refractivity contribution in [1.82, 2.24) is 10.2 Å². The molecule has 1 rings (SSSR count). The van der Waals surface area contributed by atoms with Crippen molar-refractivity contribution in [1.29, 1.82) is 0 Å². The predicted molar refractivity (Wildman–Crippen MR) is 81.8 cm³/mol. The number of carbonyl (C=O) groups excluding carboxylic acids is 1. The molecule has 4 nitrogen and oxygen atoms in total. The molecule has 0 radical (unpaired) electrons. The van der Waals surface area contributed by atoms with Gasteiger partial charge in [0.25, 0.3) is 0 Å². The minimum Gasteiger partial charge on any atom is -0.387 e. The molecule has 0 spiro atoms. The van der Waals surface area contributed by atoms with Crippen molar-refractivity contribution in [3.05, 3.63) is 34.9 Å². The summed E-state index contributed by atoms with van der Waals surface area (Å²) in [4.78, 5) is 13.2. The van der Waals surface area contributed by atoms with Gasteiger partial charge in [-0.3, -0.25) is 4.79 Å². The Bertz CT molecular complexity index is 434. The monoisotopic (exact) mass is 298 g/mol. The second-order valence-electron chi connectivity index (χ2n) is 5.35. The van der Waals surface area contributed by atoms with Crippen LogP contribution in [0.15, 0.2) is 24.3 Å². The second kappa shape index (κ2) is 7.62. The SMILES string of the molecule is CC(CC(=O)N(C)C)NC(C)C(O)c1ccc(Cl)cc1. The fraction of sp³-hybridized carbons (Fsp3) is 0.533. The van der Waals surface area contributed by atoms with E-state index in [0.29, 0.717) is 11.4 Å². The quantitative estimate of drug-likeness (QED) is 0.847. The molecule has 3 unspecified atom stereocenters. The van der Waals surface area contributed by atoms with Crippen LogP contribution in [-0.4, -0.2) is 42.1 Å². The molecule has 0 heterocycles. The molecule has 1 aromatic rings. The normalized spacial score (nSPS) is 15.5. The summed E-state index contributed by atoms with van der Waals surface area (Å²) < 4.78 is 0. The van der Waals surface area contributed by atoms with Crippen molar-refractivity contribution in [2.24, 2.45) is 0 Å². The van der Waals surface area contributed by atoms with E-state index >= 15 is 0 Å². The van der Waals surface area contributed by atoms with Gasteiger partial charge in [-0.25, -0.2) is 0 Å². The summed E-state index contributed by atoms with van der Waals surface area (Å²) in [6, 6.07) is 6.97. The molecule has 112 valence electrons. The molecule has 0 aliphatic heterocycles. The molecule has 0 fully saturated rings. The lowest BCUT2D eigenvalue weighted by molar-refractivity contribution is -0.129. The van der Waals surface area contributed by atoms with E-state index in [4.69, 9.17) is 11.6 Å². The molecule has 0 aliphatic carbocycles. The summed E-state index contributed by atoms with van der Waals surface area (Å²) >= 11 is 5.83. The molecule has 1 aromatic carbocycles. The van der Waals surface area contributed by atoms with Gasteiger partial charge in [0, 0.05) is 37.6 Å². The lowest BCUT2D eigenvalue weighted by Gasteiger charge is -2.25. The van der Waals surface area contributed by atoms with Gasteiger partial charge >= 0.3 is 0 Å². The van der Waals surface area contributed by atoms with Crippen molar-refractivity contribution >= 4 is 17.5 Å². The average molecular weight is 299 g/mol. The number of nitrogens with zero attached hydrogens (tertiary/aromatic N) is 1. The van der Waals surface area contributed by atoms with Crippen LogP contribution in [0.3, 0.4) is 0 Å². The minimum atomic E-state index is -0.635. The van der Waals surface area contributed by atoms with E-state index < -0.39 is 6.10 Å². The Morgan fingerprint density at radius 2 is 1.85 bits per heavy atom. The molecule has 5 heteroatoms. The summed E-state index contributed by atoms with van der Waals surface area (Å²) in [6.07, 6.45) is -0.228. The summed E-state index contributed by atoms with van der Waals surface area (Å²) in [7, 11) is 3.47. The van der Waals surface area contributed by atoms with Crippen LogP contribution >= 0.6 is 11.6 Å². The number of halogens is 1. The summed E-state index contributed by atoms with van der Waals surface area (Å²) in [6.45, 7) is 3.84. The maximum atomic E-state index is 11.6. The zero-order valence-electron chi connectivity index (χ0n) is 12.4. The third-order valence-corrected chi connectivity index (χ3v) is 3.46. The van der Waals surface area contributed by atoms with Crippen LogP contribution in [0.5, 0.6) is 0 Å². The molecule has 0 aliphatic rings. The molecule has 0 saturated carbocycles. The molecule has 3 atom stereocenters. The summed E-state index contributed by atoms with van der Waals surface area (Å²) in [5.74, 6) is 0.0678. The van der Waals surface area contributed by atoms with Crippen molar-refractivity contribution < 1.29 is 9.90 Å². The molecule has 0 saturated heterocycles.